The van der Waals surface area contributed by atoms with Crippen molar-refractivity contribution in [1.82, 2.24) is 4.90 Å². The number of halogens is 3. The van der Waals surface area contributed by atoms with Gasteiger partial charge in [0.05, 0.1) is 5.75 Å². The Morgan fingerprint density at radius 2 is 1.79 bits per heavy atom. The lowest BCUT2D eigenvalue weighted by Crippen LogP contribution is -2.37. The summed E-state index contributed by atoms with van der Waals surface area (Å²) >= 11 is 0. The van der Waals surface area contributed by atoms with Crippen LogP contribution in [0.4, 0.5) is 13.2 Å². The van der Waals surface area contributed by atoms with Gasteiger partial charge in [-0.05, 0) is 17.5 Å². The minimum absolute atomic E-state index is 0.0871. The Morgan fingerprint density at radius 1 is 1.16 bits per heavy atom. The van der Waals surface area contributed by atoms with Crippen LogP contribution in [0.3, 0.4) is 0 Å². The van der Waals surface area contributed by atoms with Crippen LogP contribution in [0.2, 0.25) is 0 Å². The van der Waals surface area contributed by atoms with Crippen molar-refractivity contribution in [2.45, 2.75) is 18.5 Å². The summed E-state index contributed by atoms with van der Waals surface area (Å²) in [5.41, 5.74) is -2.92. The zero-order valence-electron chi connectivity index (χ0n) is 10.2. The largest absolute Gasteiger partial charge is 0.497 e. The average molecular weight is 293 g/mol. The monoisotopic (exact) mass is 293 g/mol. The topological polar surface area (TPSA) is 37.4 Å². The van der Waals surface area contributed by atoms with Crippen LogP contribution in [0, 0.1) is 0 Å². The van der Waals surface area contributed by atoms with Gasteiger partial charge in [-0.15, -0.1) is 0 Å². The minimum Gasteiger partial charge on any atom is -0.298 e. The second kappa shape index (κ2) is 5.13. The van der Waals surface area contributed by atoms with E-state index in [2.05, 4.69) is 0 Å². The Labute approximate surface area is 109 Å². The van der Waals surface area contributed by atoms with E-state index in [1.54, 1.807) is 4.90 Å². The Morgan fingerprint density at radius 3 is 2.42 bits per heavy atom. The Kier molecular flexibility index (Phi) is 3.87. The van der Waals surface area contributed by atoms with Gasteiger partial charge in [-0.1, -0.05) is 24.3 Å². The first kappa shape index (κ1) is 14.3. The first-order chi connectivity index (χ1) is 8.79. The fraction of sp³-hybridized carbons (Fsp3) is 0.500. The molecular formula is C12H14F3NO2S. The van der Waals surface area contributed by atoms with Crippen LogP contribution in [0.1, 0.15) is 11.1 Å². The van der Waals surface area contributed by atoms with Crippen LogP contribution in [-0.4, -0.2) is 37.7 Å². The smallest absolute Gasteiger partial charge is 0.298 e. The van der Waals surface area contributed by atoms with E-state index in [1.807, 2.05) is 24.3 Å². The summed E-state index contributed by atoms with van der Waals surface area (Å²) in [6.45, 7) is 1.00. The lowest BCUT2D eigenvalue weighted by atomic mass is 10.0. The number of benzene rings is 1. The molecule has 0 atom stereocenters. The molecule has 0 spiro atoms. The van der Waals surface area contributed by atoms with Crippen molar-refractivity contribution in [3.05, 3.63) is 35.4 Å². The number of alkyl halides is 3. The van der Waals surface area contributed by atoms with E-state index in [4.69, 9.17) is 0 Å². The normalized spacial score (nSPS) is 17.2. The molecule has 0 saturated heterocycles. The number of fused-ring (bicyclic) bond motifs is 1. The molecule has 1 heterocycles. The third-order valence-electron chi connectivity index (χ3n) is 3.24. The molecule has 0 N–H and O–H groups in total. The van der Waals surface area contributed by atoms with Gasteiger partial charge in [0.15, 0.2) is 0 Å². The quantitative estimate of drug-likeness (QED) is 0.855. The molecule has 3 nitrogen and oxygen atoms in total. The number of rotatable bonds is 3. The number of hydrogen-bond acceptors (Lipinski definition) is 3. The van der Waals surface area contributed by atoms with E-state index in [0.717, 1.165) is 12.0 Å². The molecule has 0 unspecified atom stereocenters. The summed E-state index contributed by atoms with van der Waals surface area (Å²) in [6.07, 6.45) is 0.738. The SMILES string of the molecule is O=S(=O)(CCN1CCc2ccccc2C1)C(F)(F)F. The van der Waals surface area contributed by atoms with Crippen molar-refractivity contribution >= 4 is 9.84 Å². The molecule has 106 valence electrons. The maximum absolute atomic E-state index is 12.2. The highest BCUT2D eigenvalue weighted by atomic mass is 32.2. The van der Waals surface area contributed by atoms with E-state index < -0.39 is 21.1 Å². The van der Waals surface area contributed by atoms with Crippen LogP contribution in [0.15, 0.2) is 24.3 Å². The molecule has 0 amide bonds. The third kappa shape index (κ3) is 3.27. The molecule has 2 rings (SSSR count). The summed E-state index contributed by atoms with van der Waals surface area (Å²) < 4.78 is 58.6. The van der Waals surface area contributed by atoms with Gasteiger partial charge in [0.1, 0.15) is 0 Å². The van der Waals surface area contributed by atoms with Crippen molar-refractivity contribution in [3.8, 4) is 0 Å². The van der Waals surface area contributed by atoms with Gasteiger partial charge < -0.3 is 0 Å². The molecule has 0 radical (unpaired) electrons. The molecule has 0 aliphatic carbocycles. The maximum atomic E-state index is 12.2. The van der Waals surface area contributed by atoms with E-state index in [1.165, 1.54) is 5.56 Å². The summed E-state index contributed by atoms with van der Waals surface area (Å²) in [6, 6.07) is 7.69. The molecule has 1 aliphatic rings. The van der Waals surface area contributed by atoms with Crippen LogP contribution in [0.25, 0.3) is 0 Å². The van der Waals surface area contributed by atoms with Crippen LogP contribution >= 0.6 is 0 Å². The van der Waals surface area contributed by atoms with Gasteiger partial charge in [0, 0.05) is 19.6 Å². The fourth-order valence-corrected chi connectivity index (χ4v) is 2.84. The lowest BCUT2D eigenvalue weighted by molar-refractivity contribution is -0.0437. The Balaban J connectivity index is 1.97. The van der Waals surface area contributed by atoms with Gasteiger partial charge >= 0.3 is 5.51 Å². The average Bonchev–Trinajstić information content (AvgIpc) is 2.35. The molecule has 0 bridgehead atoms. The van der Waals surface area contributed by atoms with Crippen LogP contribution in [0.5, 0.6) is 0 Å². The van der Waals surface area contributed by atoms with E-state index >= 15 is 0 Å². The van der Waals surface area contributed by atoms with E-state index in [-0.39, 0.29) is 6.54 Å². The van der Waals surface area contributed by atoms with Gasteiger partial charge in [-0.3, -0.25) is 4.90 Å². The predicted octanol–water partition coefficient (Wildman–Crippen LogP) is 1.98. The number of nitrogens with zero attached hydrogens (tertiary/aromatic N) is 1. The van der Waals surface area contributed by atoms with Crippen LogP contribution in [-0.2, 0) is 22.8 Å². The highest BCUT2D eigenvalue weighted by Crippen LogP contribution is 2.24. The van der Waals surface area contributed by atoms with Crippen molar-refractivity contribution in [2.24, 2.45) is 0 Å². The van der Waals surface area contributed by atoms with Crippen molar-refractivity contribution in [3.63, 3.8) is 0 Å². The standard InChI is InChI=1S/C12H14F3NO2S/c13-12(14,15)19(17,18)8-7-16-6-5-10-3-1-2-4-11(10)9-16/h1-4H,5-9H2. The zero-order valence-corrected chi connectivity index (χ0v) is 11.0. The summed E-state index contributed by atoms with van der Waals surface area (Å²) in [7, 11) is -5.02. The molecule has 0 fully saturated rings. The summed E-state index contributed by atoms with van der Waals surface area (Å²) in [4.78, 5) is 1.74. The predicted molar refractivity (Wildman–Crippen MR) is 65.3 cm³/mol. The van der Waals surface area contributed by atoms with Gasteiger partial charge in [0.2, 0.25) is 9.84 Å². The van der Waals surface area contributed by atoms with E-state index in [0.29, 0.717) is 13.1 Å². The summed E-state index contributed by atoms with van der Waals surface area (Å²) in [5, 5.41) is 0. The molecule has 0 aromatic heterocycles. The lowest BCUT2D eigenvalue weighted by Gasteiger charge is -2.28. The molecular weight excluding hydrogens is 279 g/mol. The van der Waals surface area contributed by atoms with E-state index in [9.17, 15) is 21.6 Å². The second-order valence-corrected chi connectivity index (χ2v) is 6.66. The van der Waals surface area contributed by atoms with Crippen molar-refractivity contribution in [2.75, 3.05) is 18.8 Å². The van der Waals surface area contributed by atoms with Crippen LogP contribution < -0.4 is 0 Å². The van der Waals surface area contributed by atoms with Gasteiger partial charge in [-0.25, -0.2) is 8.42 Å². The number of sulfone groups is 1. The zero-order chi connectivity index (χ0) is 14.1. The maximum Gasteiger partial charge on any atom is 0.497 e. The molecule has 1 aliphatic heterocycles. The van der Waals surface area contributed by atoms with Crippen molar-refractivity contribution in [1.29, 1.82) is 0 Å². The third-order valence-corrected chi connectivity index (χ3v) is 4.66. The van der Waals surface area contributed by atoms with Gasteiger partial charge in [0.25, 0.3) is 0 Å². The minimum atomic E-state index is -5.15. The van der Waals surface area contributed by atoms with Gasteiger partial charge in [-0.2, -0.15) is 13.2 Å². The molecule has 19 heavy (non-hydrogen) atoms. The first-order valence-corrected chi connectivity index (χ1v) is 7.53. The molecule has 1 aromatic carbocycles. The second-order valence-electron chi connectivity index (χ2n) is 4.56. The molecule has 1 aromatic rings. The fourth-order valence-electron chi connectivity index (χ4n) is 2.11. The highest BCUT2D eigenvalue weighted by molar-refractivity contribution is 7.92. The van der Waals surface area contributed by atoms with Crippen molar-refractivity contribution < 1.29 is 21.6 Å². The first-order valence-electron chi connectivity index (χ1n) is 5.88. The Bertz CT molecular complexity index is 554. The highest BCUT2D eigenvalue weighted by Gasteiger charge is 2.45. The number of hydrogen-bond donors (Lipinski definition) is 0. The Hall–Kier alpha value is -1.08. The molecule has 0 saturated carbocycles. The summed E-state index contributed by atoms with van der Waals surface area (Å²) in [5.74, 6) is -0.876. The molecule has 7 heteroatoms.